The molecule has 2 rings (SSSR count). The molecule has 2 amide bonds. The van der Waals surface area contributed by atoms with Crippen molar-refractivity contribution in [3.8, 4) is 0 Å². The van der Waals surface area contributed by atoms with Gasteiger partial charge in [0.1, 0.15) is 11.8 Å². The summed E-state index contributed by atoms with van der Waals surface area (Å²) in [7, 11) is 0. The number of Topliss-reactive ketones (excluding diaryl/α,β-unsaturated/α-hetero) is 1. The van der Waals surface area contributed by atoms with Crippen LogP contribution in [0.25, 0.3) is 0 Å². The predicted molar refractivity (Wildman–Crippen MR) is 84.5 cm³/mol. The van der Waals surface area contributed by atoms with Crippen LogP contribution in [0.1, 0.15) is 42.9 Å². The zero-order chi connectivity index (χ0) is 19.5. The van der Waals surface area contributed by atoms with Crippen LogP contribution in [0.2, 0.25) is 0 Å². The minimum absolute atomic E-state index is 0.0370. The second-order valence-electron chi connectivity index (χ2n) is 6.31. The Morgan fingerprint density at radius 2 is 1.85 bits per heavy atom. The van der Waals surface area contributed by atoms with Crippen LogP contribution in [0.3, 0.4) is 0 Å². The van der Waals surface area contributed by atoms with Gasteiger partial charge in [0.2, 0.25) is 5.91 Å². The number of ketones is 1. The van der Waals surface area contributed by atoms with E-state index in [1.54, 1.807) is 0 Å². The van der Waals surface area contributed by atoms with Crippen LogP contribution in [-0.2, 0) is 20.6 Å². The Morgan fingerprint density at radius 1 is 1.23 bits per heavy atom. The molecule has 1 aliphatic carbocycles. The predicted octanol–water partition coefficient (Wildman–Crippen LogP) is 1.47. The maximum absolute atomic E-state index is 12.6. The van der Waals surface area contributed by atoms with Crippen LogP contribution in [0.4, 0.5) is 13.2 Å². The Bertz CT molecular complexity index is 688. The highest BCUT2D eigenvalue weighted by Crippen LogP contribution is 2.30. The second kappa shape index (κ2) is 7.86. The molecule has 0 saturated heterocycles. The fourth-order valence-electron chi connectivity index (χ4n) is 3.00. The largest absolute Gasteiger partial charge is 0.416 e. The molecule has 1 aromatic carbocycles. The molecule has 0 radical (unpaired) electrons. The molecule has 0 aliphatic heterocycles. The maximum Gasteiger partial charge on any atom is 0.416 e. The van der Waals surface area contributed by atoms with Crippen LogP contribution >= 0.6 is 0 Å². The first kappa shape index (κ1) is 19.9. The molecule has 0 spiro atoms. The molecule has 4 N–H and O–H groups in total. The summed E-state index contributed by atoms with van der Waals surface area (Å²) >= 11 is 0. The lowest BCUT2D eigenvalue weighted by molar-refractivity contribution is -0.137. The number of halogens is 3. The lowest BCUT2D eigenvalue weighted by Crippen LogP contribution is -2.51. The lowest BCUT2D eigenvalue weighted by atomic mass is 9.82. The Morgan fingerprint density at radius 3 is 2.35 bits per heavy atom. The summed E-state index contributed by atoms with van der Waals surface area (Å²) in [6.45, 7) is 0. The number of primary amides is 1. The molecule has 0 unspecified atom stereocenters. The Hall–Kier alpha value is -2.42. The fraction of sp³-hybridized carbons (Fsp3) is 0.471. The van der Waals surface area contributed by atoms with Crippen LogP contribution in [0.15, 0.2) is 24.3 Å². The topological polar surface area (TPSA) is 109 Å². The normalized spacial score (nSPS) is 20.3. The summed E-state index contributed by atoms with van der Waals surface area (Å²) in [4.78, 5) is 35.4. The van der Waals surface area contributed by atoms with Gasteiger partial charge < -0.3 is 16.2 Å². The van der Waals surface area contributed by atoms with Crippen molar-refractivity contribution < 1.29 is 32.7 Å². The van der Waals surface area contributed by atoms with Gasteiger partial charge in [-0.3, -0.25) is 14.4 Å². The van der Waals surface area contributed by atoms with Crippen molar-refractivity contribution in [1.29, 1.82) is 0 Å². The van der Waals surface area contributed by atoms with E-state index in [2.05, 4.69) is 5.32 Å². The molecule has 0 bridgehead atoms. The molecule has 3 atom stereocenters. The van der Waals surface area contributed by atoms with Crippen LogP contribution in [-0.4, -0.2) is 28.7 Å². The average molecular weight is 372 g/mol. The van der Waals surface area contributed by atoms with E-state index in [0.717, 1.165) is 24.3 Å². The van der Waals surface area contributed by atoms with E-state index in [-0.39, 0.29) is 17.8 Å². The number of carbonyl (C=O) groups is 3. The molecule has 26 heavy (non-hydrogen) atoms. The molecule has 0 heterocycles. The molecule has 1 fully saturated rings. The summed E-state index contributed by atoms with van der Waals surface area (Å²) in [5, 5.41) is 12.4. The molecule has 1 aliphatic rings. The number of aliphatic hydroxyl groups excluding tert-OH is 1. The standard InChI is InChI=1S/C17H19F3N2O4/c18-17(19,20)11-6-4-9(5-7-11)14(24)16(26)22-13(15(21)25)10-2-1-3-12(23)8-10/h4-7,10,13-14,24H,1-3,8H2,(H2,21,25)(H,22,26)/t10-,13+,14-/m1/s1. The van der Waals surface area contributed by atoms with Gasteiger partial charge in [-0.25, -0.2) is 0 Å². The Kier molecular flexibility index (Phi) is 6.01. The van der Waals surface area contributed by atoms with Gasteiger partial charge in [0.15, 0.2) is 6.10 Å². The van der Waals surface area contributed by atoms with E-state index in [9.17, 15) is 32.7 Å². The molecule has 6 nitrogen and oxygen atoms in total. The van der Waals surface area contributed by atoms with E-state index in [0.29, 0.717) is 19.3 Å². The van der Waals surface area contributed by atoms with Gasteiger partial charge in [-0.2, -0.15) is 13.2 Å². The summed E-state index contributed by atoms with van der Waals surface area (Å²) in [6.07, 6.45) is -4.69. The smallest absolute Gasteiger partial charge is 0.378 e. The third-order valence-corrected chi connectivity index (χ3v) is 4.40. The fourth-order valence-corrected chi connectivity index (χ4v) is 3.00. The molecule has 1 saturated carbocycles. The van der Waals surface area contributed by atoms with Crippen molar-refractivity contribution in [2.45, 2.75) is 44.0 Å². The number of alkyl halides is 3. The number of rotatable bonds is 5. The number of hydrogen-bond acceptors (Lipinski definition) is 4. The van der Waals surface area contributed by atoms with Crippen molar-refractivity contribution in [3.63, 3.8) is 0 Å². The maximum atomic E-state index is 12.6. The van der Waals surface area contributed by atoms with E-state index in [1.807, 2.05) is 0 Å². The second-order valence-corrected chi connectivity index (χ2v) is 6.31. The zero-order valence-electron chi connectivity index (χ0n) is 13.8. The number of nitrogens with one attached hydrogen (secondary N) is 1. The highest BCUT2D eigenvalue weighted by atomic mass is 19.4. The van der Waals surface area contributed by atoms with Crippen LogP contribution in [0, 0.1) is 5.92 Å². The summed E-state index contributed by atoms with van der Waals surface area (Å²) in [5.74, 6) is -2.30. The average Bonchev–Trinajstić information content (AvgIpc) is 2.57. The third kappa shape index (κ3) is 4.81. The van der Waals surface area contributed by atoms with E-state index in [1.165, 1.54) is 0 Å². The van der Waals surface area contributed by atoms with Crippen molar-refractivity contribution in [3.05, 3.63) is 35.4 Å². The monoisotopic (exact) mass is 372 g/mol. The molecule has 1 aromatic rings. The lowest BCUT2D eigenvalue weighted by Gasteiger charge is -2.28. The molecular formula is C17H19F3N2O4. The number of carbonyl (C=O) groups excluding carboxylic acids is 3. The van der Waals surface area contributed by atoms with Gasteiger partial charge in [-0.1, -0.05) is 12.1 Å². The van der Waals surface area contributed by atoms with Gasteiger partial charge in [0.25, 0.3) is 5.91 Å². The van der Waals surface area contributed by atoms with E-state index < -0.39 is 41.6 Å². The third-order valence-electron chi connectivity index (χ3n) is 4.40. The minimum Gasteiger partial charge on any atom is -0.378 e. The minimum atomic E-state index is -4.53. The quantitative estimate of drug-likeness (QED) is 0.727. The van der Waals surface area contributed by atoms with Crippen LogP contribution in [0.5, 0.6) is 0 Å². The highest BCUT2D eigenvalue weighted by Gasteiger charge is 2.34. The number of hydrogen-bond donors (Lipinski definition) is 3. The summed E-state index contributed by atoms with van der Waals surface area (Å²) in [5.41, 5.74) is 4.33. The molecule has 9 heteroatoms. The number of amides is 2. The molecular weight excluding hydrogens is 353 g/mol. The van der Waals surface area contributed by atoms with Gasteiger partial charge in [-0.05, 0) is 36.5 Å². The van der Waals surface area contributed by atoms with Crippen LogP contribution < -0.4 is 11.1 Å². The first-order valence-electron chi connectivity index (χ1n) is 8.06. The number of aliphatic hydroxyl groups is 1. The highest BCUT2D eigenvalue weighted by molar-refractivity contribution is 5.90. The van der Waals surface area contributed by atoms with Gasteiger partial charge >= 0.3 is 6.18 Å². The Labute approximate surface area is 147 Å². The van der Waals surface area contributed by atoms with E-state index >= 15 is 0 Å². The SMILES string of the molecule is NC(=O)[C@@H](NC(=O)[C@H](O)c1ccc(C(F)(F)F)cc1)[C@@H]1CCCC(=O)C1. The number of benzene rings is 1. The van der Waals surface area contributed by atoms with Gasteiger partial charge in [-0.15, -0.1) is 0 Å². The first-order valence-corrected chi connectivity index (χ1v) is 8.06. The van der Waals surface area contributed by atoms with Gasteiger partial charge in [0, 0.05) is 12.8 Å². The van der Waals surface area contributed by atoms with Crippen molar-refractivity contribution in [2.24, 2.45) is 11.7 Å². The van der Waals surface area contributed by atoms with Crippen molar-refractivity contribution in [1.82, 2.24) is 5.32 Å². The van der Waals surface area contributed by atoms with Crippen molar-refractivity contribution >= 4 is 17.6 Å². The van der Waals surface area contributed by atoms with Gasteiger partial charge in [0.05, 0.1) is 5.56 Å². The Balaban J connectivity index is 2.08. The summed E-state index contributed by atoms with van der Waals surface area (Å²) in [6, 6.07) is 2.33. The molecule has 0 aromatic heterocycles. The van der Waals surface area contributed by atoms with Crippen molar-refractivity contribution in [2.75, 3.05) is 0 Å². The first-order chi connectivity index (χ1) is 12.1. The number of nitrogens with two attached hydrogens (primary N) is 1. The molecule has 142 valence electrons. The zero-order valence-corrected chi connectivity index (χ0v) is 13.8. The van der Waals surface area contributed by atoms with E-state index in [4.69, 9.17) is 5.73 Å². The summed E-state index contributed by atoms with van der Waals surface area (Å²) < 4.78 is 37.7.